The monoisotopic (exact) mass is 579 g/mol. The van der Waals surface area contributed by atoms with Crippen molar-refractivity contribution in [3.8, 4) is 0 Å². The van der Waals surface area contributed by atoms with Gasteiger partial charge in [0.1, 0.15) is 11.6 Å². The van der Waals surface area contributed by atoms with Gasteiger partial charge in [-0.05, 0) is 57.4 Å². The van der Waals surface area contributed by atoms with E-state index >= 15 is 0 Å². The van der Waals surface area contributed by atoms with Crippen LogP contribution in [0.3, 0.4) is 0 Å². The van der Waals surface area contributed by atoms with Crippen LogP contribution in [-0.2, 0) is 25.4 Å². The second-order valence-corrected chi connectivity index (χ2v) is 10.0. The van der Waals surface area contributed by atoms with Gasteiger partial charge in [0.25, 0.3) is 0 Å². The number of hydrogen-bond acceptors (Lipinski definition) is 7. The van der Waals surface area contributed by atoms with Gasteiger partial charge in [0.2, 0.25) is 5.91 Å². The minimum atomic E-state index is -0.545. The molecule has 0 unspecified atom stereocenters. The topological polar surface area (TPSA) is 82.0 Å². The van der Waals surface area contributed by atoms with Gasteiger partial charge >= 0.3 is 0 Å². The van der Waals surface area contributed by atoms with Gasteiger partial charge in [-0.15, -0.1) is 0 Å². The Morgan fingerprint density at radius 3 is 2.59 bits per heavy atom. The van der Waals surface area contributed by atoms with E-state index in [0.717, 1.165) is 17.7 Å². The summed E-state index contributed by atoms with van der Waals surface area (Å²) in [6.45, 7) is 13.4. The molecular formula is C32H38FN3O4S. The van der Waals surface area contributed by atoms with Crippen LogP contribution >= 0.6 is 11.3 Å². The zero-order valence-corrected chi connectivity index (χ0v) is 25.3. The van der Waals surface area contributed by atoms with Crippen LogP contribution in [0.1, 0.15) is 46.6 Å². The van der Waals surface area contributed by atoms with Crippen LogP contribution in [0, 0.1) is 0 Å². The maximum atomic E-state index is 14.8. The summed E-state index contributed by atoms with van der Waals surface area (Å²) < 4.78 is 32.0. The summed E-state index contributed by atoms with van der Waals surface area (Å²) in [5.74, 6) is 0.370. The minimum absolute atomic E-state index is 0.0266. The molecule has 1 heterocycles. The Morgan fingerprint density at radius 1 is 1.20 bits per heavy atom. The first-order chi connectivity index (χ1) is 19.6. The molecule has 0 fully saturated rings. The summed E-state index contributed by atoms with van der Waals surface area (Å²) in [7, 11) is 1.53. The van der Waals surface area contributed by atoms with Crippen molar-refractivity contribution < 1.29 is 23.4 Å². The Bertz CT molecular complexity index is 1460. The van der Waals surface area contributed by atoms with E-state index in [0.29, 0.717) is 38.5 Å². The van der Waals surface area contributed by atoms with Gasteiger partial charge in [0.05, 0.1) is 42.0 Å². The van der Waals surface area contributed by atoms with E-state index < -0.39 is 5.83 Å². The lowest BCUT2D eigenvalue weighted by molar-refractivity contribution is -0.115. The molecule has 41 heavy (non-hydrogen) atoms. The van der Waals surface area contributed by atoms with Crippen molar-refractivity contribution in [2.24, 2.45) is 4.99 Å². The smallest absolute Gasteiger partial charge is 0.230 e. The minimum Gasteiger partial charge on any atom is -0.504 e. The number of aromatic nitrogens is 1. The highest BCUT2D eigenvalue weighted by Gasteiger charge is 2.12. The third-order valence-corrected chi connectivity index (χ3v) is 6.32. The largest absolute Gasteiger partial charge is 0.504 e. The molecule has 9 heteroatoms. The van der Waals surface area contributed by atoms with Crippen molar-refractivity contribution in [3.63, 3.8) is 0 Å². The number of methoxy groups -OCH3 is 1. The quantitative estimate of drug-likeness (QED) is 0.158. The second kappa shape index (κ2) is 17.5. The number of amides is 1. The van der Waals surface area contributed by atoms with Crippen molar-refractivity contribution in [3.05, 3.63) is 105 Å². The summed E-state index contributed by atoms with van der Waals surface area (Å²) in [4.78, 5) is 21.1. The number of nitrogens with zero attached hydrogens (tertiary/aromatic N) is 2. The number of halogens is 1. The van der Waals surface area contributed by atoms with Crippen LogP contribution in [-0.4, -0.2) is 30.8 Å². The molecule has 1 N–H and O–H groups in total. The first kappa shape index (κ1) is 33.0. The van der Waals surface area contributed by atoms with Crippen LogP contribution in [0.5, 0.6) is 0 Å². The van der Waals surface area contributed by atoms with E-state index in [1.54, 1.807) is 24.6 Å². The number of carbonyl (C=O) groups is 1. The lowest BCUT2D eigenvalue weighted by Gasteiger charge is -2.13. The number of allylic oxidation sites excluding steroid dienone is 7. The Balaban J connectivity index is 2.33. The highest BCUT2D eigenvalue weighted by molar-refractivity contribution is 7.13. The predicted molar refractivity (Wildman–Crippen MR) is 166 cm³/mol. The zero-order chi connectivity index (χ0) is 30.2. The first-order valence-corrected chi connectivity index (χ1v) is 13.9. The average molecular weight is 580 g/mol. The molecule has 0 spiro atoms. The lowest BCUT2D eigenvalue weighted by Crippen LogP contribution is -2.19. The maximum Gasteiger partial charge on any atom is 0.230 e. The molecule has 1 aromatic carbocycles. The standard InChI is InChI=1S/C32H38FN3O4S/c1-8-17-39-24(4)14-16-34-21-23(3)31(22(2)15-18-38-7)40-28(25(5)33)20-29-26(6)35-32(41-29)36-30(37)19-27-12-10-9-11-13-27/h9-16,18,20-21H,6,8,17,19H2,1-5,7H3,(H,35,36,37)/b18-15+,23-21-,24-14+,28-25-,29-20+,31-22-,34-16+. The van der Waals surface area contributed by atoms with Crippen molar-refractivity contribution in [2.45, 2.75) is 47.5 Å². The number of nitrogens with one attached hydrogen (secondary N) is 1. The molecule has 0 bridgehead atoms. The second-order valence-electron chi connectivity index (χ2n) is 8.97. The van der Waals surface area contributed by atoms with Crippen LogP contribution in [0.2, 0.25) is 0 Å². The Labute approximate surface area is 245 Å². The molecule has 218 valence electrons. The Kier molecular flexibility index (Phi) is 14.0. The first-order valence-electron chi connectivity index (χ1n) is 13.1. The molecule has 0 saturated heterocycles. The van der Waals surface area contributed by atoms with Crippen molar-refractivity contribution in [1.82, 2.24) is 4.98 Å². The molecule has 0 saturated carbocycles. The van der Waals surface area contributed by atoms with Crippen LogP contribution in [0.4, 0.5) is 9.52 Å². The summed E-state index contributed by atoms with van der Waals surface area (Å²) in [6, 6.07) is 9.40. The van der Waals surface area contributed by atoms with E-state index in [1.807, 2.05) is 58.0 Å². The maximum absolute atomic E-state index is 14.8. The number of ether oxygens (including phenoxy) is 3. The molecule has 0 radical (unpaired) electrons. The third-order valence-electron chi connectivity index (χ3n) is 5.36. The molecule has 2 rings (SSSR count). The molecule has 0 aliphatic rings. The summed E-state index contributed by atoms with van der Waals surface area (Å²) in [5, 5.41) is 3.54. The van der Waals surface area contributed by atoms with E-state index in [9.17, 15) is 9.18 Å². The molecule has 1 amide bonds. The number of anilines is 1. The van der Waals surface area contributed by atoms with Gasteiger partial charge in [-0.1, -0.05) is 55.2 Å². The zero-order valence-electron chi connectivity index (χ0n) is 24.5. The van der Waals surface area contributed by atoms with Crippen molar-refractivity contribution >= 4 is 41.2 Å². The number of rotatable bonds is 14. The van der Waals surface area contributed by atoms with Gasteiger partial charge in [-0.25, -0.2) is 9.37 Å². The van der Waals surface area contributed by atoms with Crippen molar-refractivity contribution in [2.75, 3.05) is 19.0 Å². The normalized spacial score (nSPS) is 14.3. The van der Waals surface area contributed by atoms with E-state index in [2.05, 4.69) is 21.9 Å². The Morgan fingerprint density at radius 2 is 1.93 bits per heavy atom. The fraction of sp³-hybridized carbons (Fsp3) is 0.281. The summed E-state index contributed by atoms with van der Waals surface area (Å²) >= 11 is 1.18. The van der Waals surface area contributed by atoms with Gasteiger partial charge in [0.15, 0.2) is 10.9 Å². The highest BCUT2D eigenvalue weighted by Crippen LogP contribution is 2.24. The van der Waals surface area contributed by atoms with Crippen molar-refractivity contribution in [1.29, 1.82) is 0 Å². The lowest BCUT2D eigenvalue weighted by atomic mass is 10.1. The SMILES string of the molecule is C=c1nc(NC(=O)Cc2ccccc2)s/c1=C/C(OC(/C(C)=C\N=C\C=C(/C)OCCC)=C(C)\C=C\OC)=C(\C)F. The van der Waals surface area contributed by atoms with E-state index in [1.165, 1.54) is 37.7 Å². The van der Waals surface area contributed by atoms with Gasteiger partial charge in [-0.2, -0.15) is 0 Å². The van der Waals surface area contributed by atoms with Gasteiger partial charge in [-0.3, -0.25) is 9.79 Å². The van der Waals surface area contributed by atoms with Crippen LogP contribution in [0.25, 0.3) is 12.7 Å². The fourth-order valence-corrected chi connectivity index (χ4v) is 4.15. The molecule has 0 aliphatic carbocycles. The van der Waals surface area contributed by atoms with E-state index in [-0.39, 0.29) is 18.1 Å². The molecule has 0 aliphatic heterocycles. The van der Waals surface area contributed by atoms with E-state index in [4.69, 9.17) is 14.2 Å². The molecule has 2 aromatic rings. The number of aliphatic imine (C=N–C) groups is 1. The number of hydrogen-bond donors (Lipinski definition) is 1. The molecular weight excluding hydrogens is 541 g/mol. The Hall–Kier alpha value is -4.24. The van der Waals surface area contributed by atoms with Gasteiger partial charge < -0.3 is 19.5 Å². The number of thiazole rings is 1. The van der Waals surface area contributed by atoms with Crippen LogP contribution in [0.15, 0.2) is 94.2 Å². The molecule has 1 aromatic heterocycles. The van der Waals surface area contributed by atoms with Crippen LogP contribution < -0.4 is 15.2 Å². The summed E-state index contributed by atoms with van der Waals surface area (Å²) in [5.41, 5.74) is 2.23. The predicted octanol–water partition coefficient (Wildman–Crippen LogP) is 6.47. The van der Waals surface area contributed by atoms with Gasteiger partial charge in [0, 0.05) is 24.1 Å². The highest BCUT2D eigenvalue weighted by atomic mass is 32.1. The number of benzene rings is 1. The molecule has 7 nitrogen and oxygen atoms in total. The average Bonchev–Trinajstić information content (AvgIpc) is 3.28. The fourth-order valence-electron chi connectivity index (χ4n) is 3.29. The third kappa shape index (κ3) is 11.8. The number of carbonyl (C=O) groups excluding carboxylic acids is 1. The molecule has 0 atom stereocenters. The summed E-state index contributed by atoms with van der Waals surface area (Å²) in [6.07, 6.45) is 10.9.